The van der Waals surface area contributed by atoms with Crippen LogP contribution in [0, 0.1) is 13.8 Å². The van der Waals surface area contributed by atoms with Gasteiger partial charge in [-0.25, -0.2) is 0 Å². The number of unbranched alkanes of at least 4 members (excludes halogenated alkanes) is 5. The Morgan fingerprint density at radius 2 is 1.10 bits per heavy atom. The molecular weight excluding hydrogens is 534 g/mol. The molecule has 0 atom stereocenters. The van der Waals surface area contributed by atoms with Gasteiger partial charge in [0, 0.05) is 16.9 Å². The maximum absolute atomic E-state index is 10.6. The van der Waals surface area contributed by atoms with Gasteiger partial charge in [0.25, 0.3) is 0 Å². The Kier molecular flexibility index (Phi) is 10.9. The molecule has 8 heteroatoms. The van der Waals surface area contributed by atoms with Crippen LogP contribution in [0.25, 0.3) is 0 Å². The van der Waals surface area contributed by atoms with E-state index in [1.807, 2.05) is 67.5 Å². The number of ether oxygens (including phenoxy) is 2. The average molecular weight is 582 g/mol. The van der Waals surface area contributed by atoms with Crippen LogP contribution < -0.4 is 9.47 Å². The van der Waals surface area contributed by atoms with Gasteiger partial charge in [-0.15, -0.1) is 4.98 Å². The highest BCUT2D eigenvalue weighted by atomic mass is 32.2. The lowest BCUT2D eigenvalue weighted by Crippen LogP contribution is -2.12. The van der Waals surface area contributed by atoms with E-state index in [2.05, 4.69) is 21.9 Å². The van der Waals surface area contributed by atoms with Gasteiger partial charge in [-0.1, -0.05) is 92.3 Å². The smallest absolute Gasteiger partial charge is 0.329 e. The SMILES string of the molecule is CCCCCCCCSc1nc(Oc2cc(C)c(O)c(C(C)(C)C)c2)nc(Oc2cc(C)c(O)c(C(C)(C)C)c2)n1. The van der Waals surface area contributed by atoms with Crippen molar-refractivity contribution < 1.29 is 19.7 Å². The molecule has 0 aliphatic heterocycles. The maximum Gasteiger partial charge on any atom is 0.329 e. The van der Waals surface area contributed by atoms with E-state index in [1.54, 1.807) is 23.9 Å². The van der Waals surface area contributed by atoms with Crippen LogP contribution in [-0.4, -0.2) is 30.9 Å². The highest BCUT2D eigenvalue weighted by Crippen LogP contribution is 2.39. The highest BCUT2D eigenvalue weighted by Gasteiger charge is 2.23. The number of thioether (sulfide) groups is 1. The van der Waals surface area contributed by atoms with Gasteiger partial charge in [0.05, 0.1) is 0 Å². The van der Waals surface area contributed by atoms with E-state index in [0.717, 1.165) is 23.3 Å². The van der Waals surface area contributed by atoms with Crippen molar-refractivity contribution >= 4 is 11.8 Å². The number of aromatic nitrogens is 3. The van der Waals surface area contributed by atoms with Crippen LogP contribution in [0.1, 0.15) is 109 Å². The van der Waals surface area contributed by atoms with E-state index >= 15 is 0 Å². The molecule has 0 saturated heterocycles. The van der Waals surface area contributed by atoms with E-state index in [0.29, 0.717) is 27.8 Å². The second-order valence-corrected chi connectivity index (χ2v) is 13.8. The molecule has 1 aromatic heterocycles. The Bertz CT molecular complexity index is 1240. The molecule has 3 aromatic rings. The second kappa shape index (κ2) is 13.8. The summed E-state index contributed by atoms with van der Waals surface area (Å²) in [6.45, 7) is 18.2. The van der Waals surface area contributed by atoms with E-state index in [-0.39, 0.29) is 34.3 Å². The van der Waals surface area contributed by atoms with E-state index in [1.165, 1.54) is 32.1 Å². The molecule has 0 saturated carbocycles. The molecule has 0 aliphatic carbocycles. The number of aryl methyl sites for hydroxylation is 2. The van der Waals surface area contributed by atoms with Gasteiger partial charge < -0.3 is 19.7 Å². The molecular formula is C33H47N3O4S. The first kappa shape index (κ1) is 32.5. The molecule has 2 aromatic carbocycles. The molecule has 0 bridgehead atoms. The molecule has 41 heavy (non-hydrogen) atoms. The van der Waals surface area contributed by atoms with Crippen LogP contribution in [0.15, 0.2) is 29.4 Å². The van der Waals surface area contributed by atoms with Crippen LogP contribution in [0.4, 0.5) is 0 Å². The molecule has 0 radical (unpaired) electrons. The first-order valence-electron chi connectivity index (χ1n) is 14.6. The monoisotopic (exact) mass is 581 g/mol. The quantitative estimate of drug-likeness (QED) is 0.161. The molecule has 7 nitrogen and oxygen atoms in total. The van der Waals surface area contributed by atoms with Crippen LogP contribution in [-0.2, 0) is 10.8 Å². The lowest BCUT2D eigenvalue weighted by Gasteiger charge is -2.22. The number of phenolic OH excluding ortho intramolecular Hbond substituents is 2. The maximum atomic E-state index is 10.6. The lowest BCUT2D eigenvalue weighted by molar-refractivity contribution is 0.381. The van der Waals surface area contributed by atoms with Crippen molar-refractivity contribution in [3.05, 3.63) is 46.5 Å². The van der Waals surface area contributed by atoms with Crippen LogP contribution in [0.3, 0.4) is 0 Å². The molecule has 0 spiro atoms. The topological polar surface area (TPSA) is 97.6 Å². The van der Waals surface area contributed by atoms with E-state index in [9.17, 15) is 10.2 Å². The number of benzene rings is 2. The number of hydrogen-bond acceptors (Lipinski definition) is 8. The number of aromatic hydroxyl groups is 2. The van der Waals surface area contributed by atoms with Gasteiger partial charge in [-0.05, 0) is 66.5 Å². The van der Waals surface area contributed by atoms with Gasteiger partial charge >= 0.3 is 12.0 Å². The number of hydrogen-bond donors (Lipinski definition) is 2. The van der Waals surface area contributed by atoms with E-state index in [4.69, 9.17) is 9.47 Å². The Labute approximate surface area is 250 Å². The molecule has 1 heterocycles. The minimum absolute atomic E-state index is 0.122. The summed E-state index contributed by atoms with van der Waals surface area (Å²) in [6.07, 6.45) is 7.28. The van der Waals surface area contributed by atoms with Crippen LogP contribution in [0.5, 0.6) is 35.0 Å². The highest BCUT2D eigenvalue weighted by molar-refractivity contribution is 7.99. The third-order valence-electron chi connectivity index (χ3n) is 6.89. The van der Waals surface area contributed by atoms with Crippen molar-refractivity contribution in [1.29, 1.82) is 0 Å². The van der Waals surface area contributed by atoms with E-state index < -0.39 is 0 Å². The van der Waals surface area contributed by atoms with Crippen molar-refractivity contribution in [3.8, 4) is 35.0 Å². The second-order valence-electron chi connectivity index (χ2n) is 12.8. The minimum atomic E-state index is -0.277. The number of nitrogens with zero attached hydrogens (tertiary/aromatic N) is 3. The Hall–Kier alpha value is -3.00. The third-order valence-corrected chi connectivity index (χ3v) is 7.82. The summed E-state index contributed by atoms with van der Waals surface area (Å²) >= 11 is 1.56. The summed E-state index contributed by atoms with van der Waals surface area (Å²) in [7, 11) is 0. The average Bonchev–Trinajstić information content (AvgIpc) is 2.86. The van der Waals surface area contributed by atoms with Crippen molar-refractivity contribution in [1.82, 2.24) is 15.0 Å². The largest absolute Gasteiger partial charge is 0.507 e. The predicted molar refractivity (Wildman–Crippen MR) is 167 cm³/mol. The van der Waals surface area contributed by atoms with Gasteiger partial charge in [0.2, 0.25) is 0 Å². The van der Waals surface area contributed by atoms with Crippen molar-refractivity contribution in [3.63, 3.8) is 0 Å². The summed E-state index contributed by atoms with van der Waals surface area (Å²) in [5.74, 6) is 2.47. The Morgan fingerprint density at radius 1 is 0.659 bits per heavy atom. The minimum Gasteiger partial charge on any atom is -0.507 e. The lowest BCUT2D eigenvalue weighted by atomic mass is 9.85. The number of phenols is 2. The normalized spacial score (nSPS) is 12.0. The van der Waals surface area contributed by atoms with Gasteiger partial charge in [-0.3, -0.25) is 0 Å². The summed E-state index contributed by atoms with van der Waals surface area (Å²) in [4.78, 5) is 13.7. The van der Waals surface area contributed by atoms with Gasteiger partial charge in [0.1, 0.15) is 23.0 Å². The van der Waals surface area contributed by atoms with Gasteiger partial charge in [0.15, 0.2) is 5.16 Å². The predicted octanol–water partition coefficient (Wildman–Crippen LogP) is 9.53. The summed E-state index contributed by atoms with van der Waals surface area (Å²) in [5, 5.41) is 21.8. The van der Waals surface area contributed by atoms with Crippen LogP contribution >= 0.6 is 11.8 Å². The molecule has 0 amide bonds. The summed E-state index contributed by atoms with van der Waals surface area (Å²) < 4.78 is 12.3. The fraction of sp³-hybridized carbons (Fsp3) is 0.545. The summed E-state index contributed by atoms with van der Waals surface area (Å²) in [5.41, 5.74) is 2.44. The Balaban J connectivity index is 1.92. The standard InChI is InChI=1S/C33H47N3O4S/c1-10-11-12-13-14-15-16-41-31-35-29(39-23-17-21(2)27(37)25(19-23)32(4,5)6)34-30(36-31)40-24-18-22(3)28(38)26(20-24)33(7,8)9/h17-20,37-38H,10-16H2,1-9H3. The molecule has 0 unspecified atom stereocenters. The third kappa shape index (κ3) is 9.25. The Morgan fingerprint density at radius 3 is 1.54 bits per heavy atom. The first-order valence-corrected chi connectivity index (χ1v) is 15.6. The first-order chi connectivity index (χ1) is 19.2. The van der Waals surface area contributed by atoms with Crippen molar-refractivity contribution in [2.75, 3.05) is 5.75 Å². The van der Waals surface area contributed by atoms with Gasteiger partial charge in [-0.2, -0.15) is 9.97 Å². The van der Waals surface area contributed by atoms with Crippen molar-refractivity contribution in [2.24, 2.45) is 0 Å². The number of rotatable bonds is 12. The van der Waals surface area contributed by atoms with Crippen molar-refractivity contribution in [2.45, 2.75) is 117 Å². The summed E-state index contributed by atoms with van der Waals surface area (Å²) in [6, 6.07) is 7.45. The molecule has 3 rings (SSSR count). The zero-order valence-corrected chi connectivity index (χ0v) is 27.0. The fourth-order valence-corrected chi connectivity index (χ4v) is 5.30. The van der Waals surface area contributed by atoms with Crippen LogP contribution in [0.2, 0.25) is 0 Å². The molecule has 2 N–H and O–H groups in total. The zero-order valence-electron chi connectivity index (χ0n) is 26.2. The molecule has 0 aliphatic rings. The zero-order chi connectivity index (χ0) is 30.4. The molecule has 0 fully saturated rings. The molecule has 224 valence electrons. The fourth-order valence-electron chi connectivity index (χ4n) is 4.49.